The van der Waals surface area contributed by atoms with Gasteiger partial charge in [0.2, 0.25) is 0 Å². The summed E-state index contributed by atoms with van der Waals surface area (Å²) >= 11 is 0. The average molecular weight is 130 g/mol. The molecule has 2 nitrogen and oxygen atoms in total. The molecular formula is C7H18N2. The number of hydrogen-bond acceptors (Lipinski definition) is 2. The van der Waals surface area contributed by atoms with Crippen molar-refractivity contribution in [3.05, 3.63) is 0 Å². The van der Waals surface area contributed by atoms with Crippen LogP contribution in [0.25, 0.3) is 0 Å². The van der Waals surface area contributed by atoms with Gasteiger partial charge in [-0.15, -0.1) is 0 Å². The lowest BCUT2D eigenvalue weighted by Crippen LogP contribution is -2.27. The van der Waals surface area contributed by atoms with Crippen LogP contribution in [0, 0.1) is 0 Å². The molecule has 1 atom stereocenters. The van der Waals surface area contributed by atoms with Crippen LogP contribution < -0.4 is 5.32 Å². The van der Waals surface area contributed by atoms with E-state index in [0.717, 1.165) is 6.54 Å². The van der Waals surface area contributed by atoms with Gasteiger partial charge in [-0.1, -0.05) is 0 Å². The Morgan fingerprint density at radius 3 is 2.33 bits per heavy atom. The molecule has 0 fully saturated rings. The summed E-state index contributed by atoms with van der Waals surface area (Å²) < 4.78 is 0. The lowest BCUT2D eigenvalue weighted by molar-refractivity contribution is 0.297. The van der Waals surface area contributed by atoms with Gasteiger partial charge in [0.25, 0.3) is 0 Å². The summed E-state index contributed by atoms with van der Waals surface area (Å²) in [5.41, 5.74) is 0. The van der Waals surface area contributed by atoms with Crippen LogP contribution in [0.15, 0.2) is 0 Å². The molecule has 1 N–H and O–H groups in total. The van der Waals surface area contributed by atoms with Crippen LogP contribution in [0.4, 0.5) is 0 Å². The molecule has 0 radical (unpaired) electrons. The van der Waals surface area contributed by atoms with Gasteiger partial charge in [-0.25, -0.2) is 0 Å². The molecule has 9 heavy (non-hydrogen) atoms. The average Bonchev–Trinajstić information content (AvgIpc) is 1.82. The van der Waals surface area contributed by atoms with E-state index in [1.54, 1.807) is 0 Å². The van der Waals surface area contributed by atoms with Gasteiger partial charge in [0.05, 0.1) is 0 Å². The van der Waals surface area contributed by atoms with Crippen LogP contribution in [-0.4, -0.2) is 38.6 Å². The van der Waals surface area contributed by atoms with Crippen molar-refractivity contribution in [2.45, 2.75) is 19.4 Å². The van der Waals surface area contributed by atoms with Crippen LogP contribution in [0.3, 0.4) is 0 Å². The first-order valence-corrected chi connectivity index (χ1v) is 3.49. The van der Waals surface area contributed by atoms with Gasteiger partial charge in [-0.05, 0) is 41.0 Å². The first kappa shape index (κ1) is 8.92. The Bertz CT molecular complexity index is 61.9. The number of hydrogen-bond donors (Lipinski definition) is 1. The van der Waals surface area contributed by atoms with Gasteiger partial charge in [0.15, 0.2) is 0 Å². The monoisotopic (exact) mass is 130 g/mol. The van der Waals surface area contributed by atoms with Crippen LogP contribution in [0.1, 0.15) is 13.3 Å². The number of nitrogens with one attached hydrogen (secondary N) is 1. The van der Waals surface area contributed by atoms with E-state index in [4.69, 9.17) is 0 Å². The van der Waals surface area contributed by atoms with Crippen molar-refractivity contribution >= 4 is 0 Å². The van der Waals surface area contributed by atoms with E-state index < -0.39 is 0 Å². The summed E-state index contributed by atoms with van der Waals surface area (Å²) in [6, 6.07) is 0.692. The molecule has 0 aromatic carbocycles. The minimum absolute atomic E-state index is 0.692. The summed E-state index contributed by atoms with van der Waals surface area (Å²) in [5.74, 6) is 0. The second-order valence-electron chi connectivity index (χ2n) is 2.70. The zero-order valence-corrected chi connectivity index (χ0v) is 6.94. The van der Waals surface area contributed by atoms with Gasteiger partial charge in [-0.3, -0.25) is 0 Å². The molecule has 0 saturated heterocycles. The maximum Gasteiger partial charge on any atom is 0.00729 e. The quantitative estimate of drug-likeness (QED) is 0.597. The lowest BCUT2D eigenvalue weighted by atomic mass is 10.2. The number of rotatable bonds is 4. The Labute approximate surface area is 58.2 Å². The van der Waals surface area contributed by atoms with Crippen molar-refractivity contribution in [3.8, 4) is 0 Å². The van der Waals surface area contributed by atoms with Crippen molar-refractivity contribution in [2.24, 2.45) is 0 Å². The Hall–Kier alpha value is -0.0800. The molecule has 0 aliphatic heterocycles. The van der Waals surface area contributed by atoms with Crippen molar-refractivity contribution in [3.63, 3.8) is 0 Å². The first-order chi connectivity index (χ1) is 4.18. The van der Waals surface area contributed by atoms with Crippen molar-refractivity contribution in [1.82, 2.24) is 10.2 Å². The minimum Gasteiger partial charge on any atom is -0.320 e. The first-order valence-electron chi connectivity index (χ1n) is 3.49. The fourth-order valence-electron chi connectivity index (χ4n) is 0.611. The largest absolute Gasteiger partial charge is 0.320 e. The van der Waals surface area contributed by atoms with E-state index in [9.17, 15) is 0 Å². The van der Waals surface area contributed by atoms with E-state index in [1.807, 2.05) is 7.05 Å². The SMILES string of the molecule is CNCCC(C)N(C)C. The standard InChI is InChI=1S/C7H18N2/c1-7(9(3)4)5-6-8-2/h7-8H,5-6H2,1-4H3. The lowest BCUT2D eigenvalue weighted by Gasteiger charge is -2.18. The molecule has 0 aromatic rings. The summed E-state index contributed by atoms with van der Waals surface area (Å²) in [4.78, 5) is 2.23. The second kappa shape index (κ2) is 4.77. The molecular weight excluding hydrogens is 112 g/mol. The molecule has 0 bridgehead atoms. The fourth-order valence-corrected chi connectivity index (χ4v) is 0.611. The Morgan fingerprint density at radius 1 is 1.44 bits per heavy atom. The molecule has 0 heterocycles. The Kier molecular flexibility index (Phi) is 4.72. The second-order valence-corrected chi connectivity index (χ2v) is 2.70. The summed E-state index contributed by atoms with van der Waals surface area (Å²) in [6.07, 6.45) is 1.23. The molecule has 56 valence electrons. The van der Waals surface area contributed by atoms with Gasteiger partial charge in [0.1, 0.15) is 0 Å². The molecule has 0 rings (SSSR count). The molecule has 0 amide bonds. The summed E-state index contributed by atoms with van der Waals surface area (Å²) in [7, 11) is 6.21. The fraction of sp³-hybridized carbons (Fsp3) is 1.00. The minimum atomic E-state index is 0.692. The molecule has 2 heteroatoms. The third kappa shape index (κ3) is 4.43. The highest BCUT2D eigenvalue weighted by Crippen LogP contribution is 1.94. The summed E-state index contributed by atoms with van der Waals surface area (Å²) in [5, 5.41) is 3.13. The maximum atomic E-state index is 3.13. The van der Waals surface area contributed by atoms with E-state index >= 15 is 0 Å². The zero-order chi connectivity index (χ0) is 7.28. The third-order valence-electron chi connectivity index (χ3n) is 1.69. The van der Waals surface area contributed by atoms with Crippen molar-refractivity contribution < 1.29 is 0 Å². The molecule has 0 aliphatic carbocycles. The van der Waals surface area contributed by atoms with Crippen LogP contribution in [-0.2, 0) is 0 Å². The topological polar surface area (TPSA) is 15.3 Å². The highest BCUT2D eigenvalue weighted by Gasteiger charge is 2.01. The highest BCUT2D eigenvalue weighted by molar-refractivity contribution is 4.59. The van der Waals surface area contributed by atoms with Gasteiger partial charge >= 0.3 is 0 Å². The molecule has 0 spiro atoms. The smallest absolute Gasteiger partial charge is 0.00729 e. The molecule has 0 aliphatic rings. The van der Waals surface area contributed by atoms with E-state index in [0.29, 0.717) is 6.04 Å². The maximum absolute atomic E-state index is 3.13. The molecule has 0 aromatic heterocycles. The summed E-state index contributed by atoms with van der Waals surface area (Å²) in [6.45, 7) is 3.34. The third-order valence-corrected chi connectivity index (χ3v) is 1.69. The van der Waals surface area contributed by atoms with E-state index in [2.05, 4.69) is 31.2 Å². The van der Waals surface area contributed by atoms with Crippen molar-refractivity contribution in [2.75, 3.05) is 27.7 Å². The van der Waals surface area contributed by atoms with Crippen LogP contribution in [0.5, 0.6) is 0 Å². The van der Waals surface area contributed by atoms with E-state index in [-0.39, 0.29) is 0 Å². The normalized spacial score (nSPS) is 14.3. The predicted octanol–water partition coefficient (Wildman–Crippen LogP) is 0.546. The van der Waals surface area contributed by atoms with Crippen LogP contribution in [0.2, 0.25) is 0 Å². The predicted molar refractivity (Wildman–Crippen MR) is 41.7 cm³/mol. The van der Waals surface area contributed by atoms with E-state index in [1.165, 1.54) is 6.42 Å². The van der Waals surface area contributed by atoms with Gasteiger partial charge in [-0.2, -0.15) is 0 Å². The number of nitrogens with zero attached hydrogens (tertiary/aromatic N) is 1. The van der Waals surface area contributed by atoms with Gasteiger partial charge < -0.3 is 10.2 Å². The zero-order valence-electron chi connectivity index (χ0n) is 6.94. The Morgan fingerprint density at radius 2 is 2.00 bits per heavy atom. The van der Waals surface area contributed by atoms with Gasteiger partial charge in [0, 0.05) is 6.04 Å². The molecule has 1 unspecified atom stereocenters. The van der Waals surface area contributed by atoms with Crippen molar-refractivity contribution in [1.29, 1.82) is 0 Å². The van der Waals surface area contributed by atoms with Crippen LogP contribution >= 0.6 is 0 Å². The molecule has 0 saturated carbocycles. The highest BCUT2D eigenvalue weighted by atomic mass is 15.1. The Balaban J connectivity index is 3.16.